The van der Waals surface area contributed by atoms with Gasteiger partial charge < -0.3 is 10.2 Å². The molecule has 1 saturated heterocycles. The maximum atomic E-state index is 12.3. The predicted octanol–water partition coefficient (Wildman–Crippen LogP) is 1.70. The van der Waals surface area contributed by atoms with E-state index in [1.807, 2.05) is 0 Å². The van der Waals surface area contributed by atoms with Gasteiger partial charge in [0.05, 0.1) is 11.4 Å². The minimum absolute atomic E-state index is 0.0148. The number of carbonyl (C=O) groups excluding carboxylic acids is 1. The van der Waals surface area contributed by atoms with Crippen molar-refractivity contribution in [2.24, 2.45) is 5.92 Å². The summed E-state index contributed by atoms with van der Waals surface area (Å²) in [7, 11) is 0. The molecule has 0 spiro atoms. The Kier molecular flexibility index (Phi) is 5.29. The molecule has 24 heavy (non-hydrogen) atoms. The zero-order valence-electron chi connectivity index (χ0n) is 13.9. The standard InChI is InChI=1S/C15H21N7OS/c1-3-11-12(4-2)19-20-14(17-11)22-7-5-10(6-8-22)13(23)18-15-21-16-9-24-15/h9-10H,3-8H2,1-2H3,(H,18,21,23). The van der Waals surface area contributed by atoms with Gasteiger partial charge in [-0.3, -0.25) is 4.79 Å². The van der Waals surface area contributed by atoms with Crippen LogP contribution in [0, 0.1) is 5.92 Å². The maximum absolute atomic E-state index is 12.3. The van der Waals surface area contributed by atoms with Crippen molar-refractivity contribution in [3.63, 3.8) is 0 Å². The van der Waals surface area contributed by atoms with Crippen LogP contribution in [0.2, 0.25) is 0 Å². The molecule has 128 valence electrons. The number of hydrogen-bond acceptors (Lipinski definition) is 8. The van der Waals surface area contributed by atoms with E-state index in [-0.39, 0.29) is 11.8 Å². The largest absolute Gasteiger partial charge is 0.339 e. The molecule has 2 aromatic rings. The third-order valence-corrected chi connectivity index (χ3v) is 4.84. The monoisotopic (exact) mass is 347 g/mol. The Labute approximate surface area is 144 Å². The van der Waals surface area contributed by atoms with Crippen molar-refractivity contribution in [1.82, 2.24) is 25.4 Å². The second-order valence-electron chi connectivity index (χ2n) is 5.71. The Balaban J connectivity index is 1.59. The van der Waals surface area contributed by atoms with Crippen molar-refractivity contribution in [3.05, 3.63) is 16.9 Å². The van der Waals surface area contributed by atoms with E-state index < -0.39 is 0 Å². The summed E-state index contributed by atoms with van der Waals surface area (Å²) < 4.78 is 0. The first kappa shape index (κ1) is 16.7. The zero-order chi connectivity index (χ0) is 16.9. The third-order valence-electron chi connectivity index (χ3n) is 4.24. The van der Waals surface area contributed by atoms with Crippen LogP contribution in [0.1, 0.15) is 38.1 Å². The van der Waals surface area contributed by atoms with Crippen LogP contribution in [0.3, 0.4) is 0 Å². The molecule has 1 aliphatic rings. The average Bonchev–Trinajstić information content (AvgIpc) is 3.14. The molecule has 1 amide bonds. The molecule has 0 aromatic carbocycles. The van der Waals surface area contributed by atoms with Gasteiger partial charge in [0.15, 0.2) is 0 Å². The SMILES string of the molecule is CCc1nnc(N2CCC(C(=O)Nc3nncs3)CC2)nc1CC. The molecule has 0 unspecified atom stereocenters. The number of amides is 1. The Hall–Kier alpha value is -2.16. The van der Waals surface area contributed by atoms with Crippen LogP contribution in [0.5, 0.6) is 0 Å². The molecule has 1 fully saturated rings. The lowest BCUT2D eigenvalue weighted by atomic mass is 9.96. The second kappa shape index (κ2) is 7.61. The highest BCUT2D eigenvalue weighted by Gasteiger charge is 2.27. The van der Waals surface area contributed by atoms with Crippen LogP contribution in [-0.2, 0) is 17.6 Å². The molecular formula is C15H21N7OS. The van der Waals surface area contributed by atoms with Crippen LogP contribution in [0.15, 0.2) is 5.51 Å². The Morgan fingerprint density at radius 3 is 2.58 bits per heavy atom. The third kappa shape index (κ3) is 3.66. The zero-order valence-corrected chi connectivity index (χ0v) is 14.7. The summed E-state index contributed by atoms with van der Waals surface area (Å²) in [6.45, 7) is 5.65. The molecule has 1 aliphatic heterocycles. The van der Waals surface area contributed by atoms with Crippen molar-refractivity contribution in [2.75, 3.05) is 23.3 Å². The van der Waals surface area contributed by atoms with Gasteiger partial charge in [-0.1, -0.05) is 25.2 Å². The van der Waals surface area contributed by atoms with Crippen LogP contribution >= 0.6 is 11.3 Å². The molecule has 0 bridgehead atoms. The lowest BCUT2D eigenvalue weighted by Crippen LogP contribution is -2.39. The van der Waals surface area contributed by atoms with Gasteiger partial charge in [-0.25, -0.2) is 4.98 Å². The minimum Gasteiger partial charge on any atom is -0.339 e. The summed E-state index contributed by atoms with van der Waals surface area (Å²) in [5.41, 5.74) is 3.58. The van der Waals surface area contributed by atoms with Gasteiger partial charge >= 0.3 is 0 Å². The number of piperidine rings is 1. The lowest BCUT2D eigenvalue weighted by Gasteiger charge is -2.31. The van der Waals surface area contributed by atoms with Gasteiger partial charge in [-0.15, -0.1) is 15.3 Å². The highest BCUT2D eigenvalue weighted by molar-refractivity contribution is 7.13. The van der Waals surface area contributed by atoms with Crippen molar-refractivity contribution < 1.29 is 4.79 Å². The van der Waals surface area contributed by atoms with E-state index in [1.165, 1.54) is 11.3 Å². The summed E-state index contributed by atoms with van der Waals surface area (Å²) in [5, 5.41) is 19.5. The number of nitrogens with zero attached hydrogens (tertiary/aromatic N) is 6. The van der Waals surface area contributed by atoms with E-state index in [1.54, 1.807) is 5.51 Å². The molecule has 0 radical (unpaired) electrons. The topological polar surface area (TPSA) is 96.8 Å². The number of aryl methyl sites for hydroxylation is 2. The number of aromatic nitrogens is 5. The van der Waals surface area contributed by atoms with Crippen LogP contribution < -0.4 is 10.2 Å². The van der Waals surface area contributed by atoms with Crippen molar-refractivity contribution in [2.45, 2.75) is 39.5 Å². The summed E-state index contributed by atoms with van der Waals surface area (Å²) in [6.07, 6.45) is 3.24. The molecule has 1 N–H and O–H groups in total. The molecule has 0 saturated carbocycles. The highest BCUT2D eigenvalue weighted by atomic mass is 32.1. The summed E-state index contributed by atoms with van der Waals surface area (Å²) in [4.78, 5) is 19.0. The number of rotatable bonds is 5. The van der Waals surface area contributed by atoms with Crippen molar-refractivity contribution in [1.29, 1.82) is 0 Å². The predicted molar refractivity (Wildman–Crippen MR) is 92.1 cm³/mol. The van der Waals surface area contributed by atoms with E-state index in [2.05, 4.69) is 49.4 Å². The van der Waals surface area contributed by atoms with Gasteiger partial charge in [-0.2, -0.15) is 5.10 Å². The first-order valence-electron chi connectivity index (χ1n) is 8.25. The maximum Gasteiger partial charge on any atom is 0.245 e. The first-order valence-corrected chi connectivity index (χ1v) is 9.13. The van der Waals surface area contributed by atoms with E-state index in [0.717, 1.165) is 50.2 Å². The van der Waals surface area contributed by atoms with E-state index in [9.17, 15) is 4.79 Å². The average molecular weight is 347 g/mol. The number of hydrogen-bond donors (Lipinski definition) is 1. The molecule has 0 atom stereocenters. The molecule has 3 heterocycles. The van der Waals surface area contributed by atoms with E-state index in [4.69, 9.17) is 0 Å². The number of nitrogens with one attached hydrogen (secondary N) is 1. The van der Waals surface area contributed by atoms with Crippen LogP contribution in [0.25, 0.3) is 0 Å². The quantitative estimate of drug-likeness (QED) is 0.879. The van der Waals surface area contributed by atoms with Gasteiger partial charge in [0.25, 0.3) is 0 Å². The van der Waals surface area contributed by atoms with Gasteiger partial charge in [0.2, 0.25) is 17.0 Å². The van der Waals surface area contributed by atoms with Crippen molar-refractivity contribution in [3.8, 4) is 0 Å². The second-order valence-corrected chi connectivity index (χ2v) is 6.54. The van der Waals surface area contributed by atoms with Crippen molar-refractivity contribution >= 4 is 28.3 Å². The smallest absolute Gasteiger partial charge is 0.245 e. The van der Waals surface area contributed by atoms with Crippen LogP contribution in [-0.4, -0.2) is 44.4 Å². The Bertz CT molecular complexity index is 683. The number of anilines is 2. The highest BCUT2D eigenvalue weighted by Crippen LogP contribution is 2.22. The molecule has 2 aromatic heterocycles. The fraction of sp³-hybridized carbons (Fsp3) is 0.600. The number of carbonyl (C=O) groups is 1. The summed E-state index contributed by atoms with van der Waals surface area (Å²) in [6, 6.07) is 0. The fourth-order valence-electron chi connectivity index (χ4n) is 2.84. The summed E-state index contributed by atoms with van der Waals surface area (Å²) >= 11 is 1.33. The Morgan fingerprint density at radius 1 is 1.21 bits per heavy atom. The van der Waals surface area contributed by atoms with E-state index in [0.29, 0.717) is 11.1 Å². The molecular weight excluding hydrogens is 326 g/mol. The molecule has 9 heteroatoms. The van der Waals surface area contributed by atoms with Crippen LogP contribution in [0.4, 0.5) is 11.1 Å². The normalized spacial score (nSPS) is 15.5. The lowest BCUT2D eigenvalue weighted by molar-refractivity contribution is -0.120. The molecule has 3 rings (SSSR count). The van der Waals surface area contributed by atoms with E-state index >= 15 is 0 Å². The molecule has 0 aliphatic carbocycles. The van der Waals surface area contributed by atoms with Gasteiger partial charge in [0.1, 0.15) is 5.51 Å². The fourth-order valence-corrected chi connectivity index (χ4v) is 3.29. The summed E-state index contributed by atoms with van der Waals surface area (Å²) in [5.74, 6) is 0.673. The Morgan fingerprint density at radius 2 is 1.96 bits per heavy atom. The molecule has 8 nitrogen and oxygen atoms in total. The first-order chi connectivity index (χ1) is 11.7. The van der Waals surface area contributed by atoms with Gasteiger partial charge in [-0.05, 0) is 25.7 Å². The van der Waals surface area contributed by atoms with Gasteiger partial charge in [0, 0.05) is 19.0 Å². The minimum atomic E-state index is -0.0151.